The van der Waals surface area contributed by atoms with E-state index in [2.05, 4.69) is 49.1 Å². The van der Waals surface area contributed by atoms with Gasteiger partial charge in [0.05, 0.1) is 6.04 Å². The van der Waals surface area contributed by atoms with Crippen LogP contribution in [0, 0.1) is 11.3 Å². The minimum absolute atomic E-state index is 0.0257. The number of benzene rings is 2. The number of carbonyl (C=O) groups excluding carboxylic acids is 1. The molecule has 0 unspecified atom stereocenters. The van der Waals surface area contributed by atoms with Gasteiger partial charge in [0.15, 0.2) is 0 Å². The van der Waals surface area contributed by atoms with Gasteiger partial charge in [0, 0.05) is 12.6 Å². The molecule has 3 heterocycles. The summed E-state index contributed by atoms with van der Waals surface area (Å²) in [5.74, 6) is 1.30. The lowest BCUT2D eigenvalue weighted by Crippen LogP contribution is -2.62. The number of nitrogens with zero attached hydrogens (tertiary/aromatic N) is 2. The summed E-state index contributed by atoms with van der Waals surface area (Å²) in [5.41, 5.74) is 4.27. The molecular formula is C29H37N2O3-. The van der Waals surface area contributed by atoms with Crippen LogP contribution in [0.4, 0.5) is 4.79 Å². The molecule has 5 heteroatoms. The monoisotopic (exact) mass is 461 g/mol. The van der Waals surface area contributed by atoms with E-state index in [4.69, 9.17) is 4.74 Å². The van der Waals surface area contributed by atoms with Crippen molar-refractivity contribution >= 4 is 6.09 Å². The Bertz CT molecular complexity index is 1060. The van der Waals surface area contributed by atoms with E-state index in [1.54, 1.807) is 4.90 Å². The Hall–Kier alpha value is -2.53. The number of ether oxygens (including phenoxy) is 1. The molecule has 182 valence electrons. The van der Waals surface area contributed by atoms with Crippen molar-refractivity contribution in [2.24, 2.45) is 11.3 Å². The fourth-order valence-electron chi connectivity index (χ4n) is 6.49. The van der Waals surface area contributed by atoms with Crippen LogP contribution < -0.4 is 9.84 Å². The van der Waals surface area contributed by atoms with Gasteiger partial charge in [-0.1, -0.05) is 44.2 Å². The first-order chi connectivity index (χ1) is 16.0. The second-order valence-electron chi connectivity index (χ2n) is 12.1. The van der Waals surface area contributed by atoms with Crippen LogP contribution in [0.2, 0.25) is 0 Å². The highest BCUT2D eigenvalue weighted by Gasteiger charge is 2.48. The van der Waals surface area contributed by atoms with Gasteiger partial charge in [0.2, 0.25) is 0 Å². The first kappa shape index (κ1) is 23.2. The Morgan fingerprint density at radius 1 is 1.06 bits per heavy atom. The van der Waals surface area contributed by atoms with Gasteiger partial charge in [-0.05, 0) is 98.8 Å². The summed E-state index contributed by atoms with van der Waals surface area (Å²) >= 11 is 0. The third-order valence-corrected chi connectivity index (χ3v) is 7.90. The van der Waals surface area contributed by atoms with Crippen LogP contribution >= 0.6 is 0 Å². The van der Waals surface area contributed by atoms with Crippen molar-refractivity contribution in [3.8, 4) is 16.9 Å². The lowest BCUT2D eigenvalue weighted by atomic mass is 9.79. The van der Waals surface area contributed by atoms with E-state index in [-0.39, 0.29) is 23.1 Å². The van der Waals surface area contributed by atoms with Crippen molar-refractivity contribution < 1.29 is 14.6 Å². The third kappa shape index (κ3) is 4.31. The van der Waals surface area contributed by atoms with E-state index >= 15 is 0 Å². The standard InChI is InChI=1S/C29H38N2O3/c1-28(2,3)34-23-9-6-19(7-10-23)21-8-11-24-22(16-21)17-29(4,5)26(24)31(27(32)33)25-18-30-14-12-20(25)13-15-30/h6-11,16,20,25-26H,12-15,17-18H2,1-5H3,(H,32,33)/p-1/t25-,26+/m1/s1. The molecule has 6 rings (SSSR count). The molecular weight excluding hydrogens is 424 g/mol. The molecule has 5 nitrogen and oxygen atoms in total. The number of rotatable bonds is 4. The van der Waals surface area contributed by atoms with Crippen LogP contribution in [-0.2, 0) is 6.42 Å². The molecule has 1 aliphatic carbocycles. The van der Waals surface area contributed by atoms with Crippen LogP contribution in [0.1, 0.15) is 64.6 Å². The van der Waals surface area contributed by atoms with E-state index in [0.29, 0.717) is 5.92 Å². The lowest BCUT2D eigenvalue weighted by Gasteiger charge is -2.53. The number of hydrogen-bond acceptors (Lipinski definition) is 4. The minimum Gasteiger partial charge on any atom is -0.530 e. The van der Waals surface area contributed by atoms with Crippen LogP contribution in [0.15, 0.2) is 42.5 Å². The maximum atomic E-state index is 12.6. The molecule has 0 N–H and O–H groups in total. The minimum atomic E-state index is -1.02. The number of carboxylic acid groups (broad SMARTS) is 1. The molecule has 2 aromatic carbocycles. The van der Waals surface area contributed by atoms with Gasteiger partial charge in [-0.25, -0.2) is 0 Å². The third-order valence-electron chi connectivity index (χ3n) is 7.90. The fourth-order valence-corrected chi connectivity index (χ4v) is 6.49. The van der Waals surface area contributed by atoms with Crippen molar-refractivity contribution in [2.45, 2.75) is 71.6 Å². The smallest absolute Gasteiger partial charge is 0.137 e. The van der Waals surface area contributed by atoms with Gasteiger partial charge in [-0.3, -0.25) is 0 Å². The van der Waals surface area contributed by atoms with Crippen molar-refractivity contribution in [1.82, 2.24) is 9.80 Å². The fraction of sp³-hybridized carbons (Fsp3) is 0.552. The summed E-state index contributed by atoms with van der Waals surface area (Å²) < 4.78 is 5.96. The maximum Gasteiger partial charge on any atom is 0.137 e. The molecule has 0 radical (unpaired) electrons. The highest BCUT2D eigenvalue weighted by atomic mass is 16.5. The summed E-state index contributed by atoms with van der Waals surface area (Å²) in [6.07, 6.45) is 2.00. The Kier molecular flexibility index (Phi) is 5.67. The van der Waals surface area contributed by atoms with Crippen LogP contribution in [-0.4, -0.2) is 47.2 Å². The second-order valence-corrected chi connectivity index (χ2v) is 12.1. The van der Waals surface area contributed by atoms with E-state index in [9.17, 15) is 9.90 Å². The number of fused-ring (bicyclic) bond motifs is 4. The highest BCUT2D eigenvalue weighted by molar-refractivity contribution is 5.68. The molecule has 0 aromatic heterocycles. The Balaban J connectivity index is 1.45. The van der Waals surface area contributed by atoms with Crippen molar-refractivity contribution in [1.29, 1.82) is 0 Å². The average molecular weight is 462 g/mol. The molecule has 34 heavy (non-hydrogen) atoms. The molecule has 0 spiro atoms. The Labute approximate surface area is 203 Å². The predicted molar refractivity (Wildman–Crippen MR) is 133 cm³/mol. The van der Waals surface area contributed by atoms with Gasteiger partial charge in [0.1, 0.15) is 17.4 Å². The normalized spacial score (nSPS) is 27.3. The molecule has 3 aliphatic heterocycles. The summed E-state index contributed by atoms with van der Waals surface area (Å²) in [5, 5.41) is 12.6. The Morgan fingerprint density at radius 3 is 2.26 bits per heavy atom. The van der Waals surface area contributed by atoms with Gasteiger partial charge in [-0.15, -0.1) is 0 Å². The van der Waals surface area contributed by atoms with Gasteiger partial charge in [0.25, 0.3) is 0 Å². The molecule has 2 atom stereocenters. The topological polar surface area (TPSA) is 55.8 Å². The van der Waals surface area contributed by atoms with E-state index in [1.165, 1.54) is 5.56 Å². The molecule has 3 saturated heterocycles. The van der Waals surface area contributed by atoms with E-state index < -0.39 is 6.09 Å². The first-order valence-electron chi connectivity index (χ1n) is 12.7. The molecule has 3 fully saturated rings. The average Bonchev–Trinajstić information content (AvgIpc) is 3.03. The SMILES string of the molecule is CC(C)(C)Oc1ccc(-c2ccc3c(c2)CC(C)(C)[C@H]3N(C(=O)[O-])[C@@H]2CN3CCC2CC3)cc1. The van der Waals surface area contributed by atoms with Crippen LogP contribution in [0.3, 0.4) is 0 Å². The molecule has 1 amide bonds. The maximum absolute atomic E-state index is 12.6. The van der Waals surface area contributed by atoms with E-state index in [1.807, 2.05) is 32.9 Å². The molecule has 2 aromatic rings. The van der Waals surface area contributed by atoms with Crippen LogP contribution in [0.5, 0.6) is 5.75 Å². The summed E-state index contributed by atoms with van der Waals surface area (Å²) in [6.45, 7) is 13.6. The predicted octanol–water partition coefficient (Wildman–Crippen LogP) is 4.89. The summed E-state index contributed by atoms with van der Waals surface area (Å²) in [6, 6.07) is 14.6. The van der Waals surface area contributed by atoms with Gasteiger partial charge in [-0.2, -0.15) is 0 Å². The van der Waals surface area contributed by atoms with Crippen molar-refractivity contribution in [3.05, 3.63) is 53.6 Å². The summed E-state index contributed by atoms with van der Waals surface area (Å²) in [7, 11) is 0. The molecule has 0 saturated carbocycles. The number of carbonyl (C=O) groups is 1. The largest absolute Gasteiger partial charge is 0.530 e. The zero-order chi connectivity index (χ0) is 24.3. The second kappa shape index (κ2) is 8.30. The number of piperidine rings is 3. The number of amides is 1. The zero-order valence-corrected chi connectivity index (χ0v) is 21.1. The molecule has 2 bridgehead atoms. The number of hydrogen-bond donors (Lipinski definition) is 0. The quantitative estimate of drug-likeness (QED) is 0.650. The summed E-state index contributed by atoms with van der Waals surface area (Å²) in [4.78, 5) is 16.7. The van der Waals surface area contributed by atoms with Gasteiger partial charge < -0.3 is 24.4 Å². The Morgan fingerprint density at radius 2 is 1.71 bits per heavy atom. The van der Waals surface area contributed by atoms with Crippen molar-refractivity contribution in [3.63, 3.8) is 0 Å². The highest BCUT2D eigenvalue weighted by Crippen LogP contribution is 2.51. The van der Waals surface area contributed by atoms with Crippen LogP contribution in [0.25, 0.3) is 11.1 Å². The first-order valence-corrected chi connectivity index (χ1v) is 12.7. The van der Waals surface area contributed by atoms with E-state index in [0.717, 1.165) is 61.3 Å². The zero-order valence-electron chi connectivity index (χ0n) is 21.1. The van der Waals surface area contributed by atoms with Gasteiger partial charge >= 0.3 is 0 Å². The lowest BCUT2D eigenvalue weighted by molar-refractivity contribution is -0.276. The van der Waals surface area contributed by atoms with Crippen molar-refractivity contribution in [2.75, 3.05) is 19.6 Å². The molecule has 4 aliphatic rings.